The molecule has 0 aromatic heterocycles. The molecular formula is C20H17F2N3O7. The van der Waals surface area contributed by atoms with Gasteiger partial charge in [-0.15, -0.1) is 0 Å². The van der Waals surface area contributed by atoms with Gasteiger partial charge in [0, 0.05) is 23.3 Å². The Hall–Kier alpha value is -3.80. The molecule has 1 atom stereocenters. The van der Waals surface area contributed by atoms with Gasteiger partial charge >= 0.3 is 12.6 Å². The van der Waals surface area contributed by atoms with Gasteiger partial charge in [-0.3, -0.25) is 19.8 Å². The van der Waals surface area contributed by atoms with E-state index in [1.807, 2.05) is 0 Å². The largest absolute Gasteiger partial charge is 0.467 e. The molecule has 1 saturated heterocycles. The Bertz CT molecular complexity index is 1090. The molecule has 0 bridgehead atoms. The molecule has 1 N–H and O–H groups in total. The summed E-state index contributed by atoms with van der Waals surface area (Å²) in [5.41, 5.74) is -0.621. The third kappa shape index (κ3) is 3.80. The van der Waals surface area contributed by atoms with Gasteiger partial charge in [0.25, 0.3) is 11.6 Å². The Labute approximate surface area is 179 Å². The van der Waals surface area contributed by atoms with Gasteiger partial charge in [-0.1, -0.05) is 12.1 Å². The van der Waals surface area contributed by atoms with E-state index in [9.17, 15) is 28.5 Å². The monoisotopic (exact) mass is 449 g/mol. The van der Waals surface area contributed by atoms with Crippen molar-refractivity contribution in [1.29, 1.82) is 0 Å². The van der Waals surface area contributed by atoms with Gasteiger partial charge in [0.2, 0.25) is 0 Å². The minimum absolute atomic E-state index is 0.0668. The van der Waals surface area contributed by atoms with Crippen LogP contribution in [0.25, 0.3) is 0 Å². The highest BCUT2D eigenvalue weighted by Crippen LogP contribution is 2.36. The second kappa shape index (κ2) is 8.04. The minimum atomic E-state index is -2.99. The van der Waals surface area contributed by atoms with Crippen molar-refractivity contribution < 1.29 is 37.5 Å². The Morgan fingerprint density at radius 2 is 2.00 bits per heavy atom. The van der Waals surface area contributed by atoms with Gasteiger partial charge in [-0.05, 0) is 24.6 Å². The highest BCUT2D eigenvalue weighted by atomic mass is 19.3. The first kappa shape index (κ1) is 21.4. The maximum Gasteiger partial charge on any atom is 0.387 e. The van der Waals surface area contributed by atoms with Crippen LogP contribution in [0.15, 0.2) is 36.4 Å². The van der Waals surface area contributed by atoms with Gasteiger partial charge < -0.3 is 19.5 Å². The molecule has 0 radical (unpaired) electrons. The molecule has 0 aliphatic carbocycles. The molecule has 2 aromatic rings. The number of benzene rings is 2. The predicted octanol–water partition coefficient (Wildman–Crippen LogP) is 3.03. The van der Waals surface area contributed by atoms with Gasteiger partial charge in [-0.2, -0.15) is 8.78 Å². The first-order chi connectivity index (χ1) is 15.2. The number of nitro groups is 1. The van der Waals surface area contributed by atoms with Crippen molar-refractivity contribution in [2.24, 2.45) is 0 Å². The smallest absolute Gasteiger partial charge is 0.387 e. The molecule has 1 fully saturated rings. The number of hydrogen-bond acceptors (Lipinski definition) is 7. The van der Waals surface area contributed by atoms with Gasteiger partial charge in [0.15, 0.2) is 6.79 Å². The summed E-state index contributed by atoms with van der Waals surface area (Å²) in [6.45, 7) is -1.76. The normalized spacial score (nSPS) is 20.1. The number of amides is 3. The van der Waals surface area contributed by atoms with E-state index in [0.717, 1.165) is 4.90 Å². The van der Waals surface area contributed by atoms with E-state index >= 15 is 0 Å². The molecule has 3 amide bonds. The maximum absolute atomic E-state index is 13.2. The SMILES string of the molecule is C[C@]1(c2ccc(OC(F)F)cc2)NC(=O)N(Cc2cc([N+](=O)[O-])cc3c2OCOC3)C1=O. The number of nitro benzene ring substituents is 1. The zero-order valence-corrected chi connectivity index (χ0v) is 16.7. The Kier molecular flexibility index (Phi) is 5.38. The number of nitrogens with one attached hydrogen (secondary N) is 1. The van der Waals surface area contributed by atoms with Crippen molar-refractivity contribution in [3.05, 3.63) is 63.2 Å². The molecule has 2 heterocycles. The lowest BCUT2D eigenvalue weighted by atomic mass is 9.92. The predicted molar refractivity (Wildman–Crippen MR) is 103 cm³/mol. The number of non-ortho nitro benzene ring substituents is 1. The minimum Gasteiger partial charge on any atom is -0.467 e. The summed E-state index contributed by atoms with van der Waals surface area (Å²) in [6.07, 6.45) is 0. The number of hydrogen-bond donors (Lipinski definition) is 1. The molecule has 2 aromatic carbocycles. The number of carbonyl (C=O) groups is 2. The molecule has 2 aliphatic rings. The van der Waals surface area contributed by atoms with Crippen LogP contribution in [-0.2, 0) is 28.2 Å². The van der Waals surface area contributed by atoms with Crippen LogP contribution >= 0.6 is 0 Å². The fourth-order valence-electron chi connectivity index (χ4n) is 3.68. The molecule has 12 heteroatoms. The van der Waals surface area contributed by atoms with Crippen LogP contribution in [-0.4, -0.2) is 35.2 Å². The van der Waals surface area contributed by atoms with E-state index in [0.29, 0.717) is 16.9 Å². The second-order valence-corrected chi connectivity index (χ2v) is 7.31. The molecular weight excluding hydrogens is 432 g/mol. The van der Waals surface area contributed by atoms with Crippen molar-refractivity contribution in [3.8, 4) is 11.5 Å². The topological polar surface area (TPSA) is 120 Å². The molecule has 0 spiro atoms. The van der Waals surface area contributed by atoms with Crippen molar-refractivity contribution in [3.63, 3.8) is 0 Å². The third-order valence-corrected chi connectivity index (χ3v) is 5.24. The van der Waals surface area contributed by atoms with E-state index in [4.69, 9.17) is 9.47 Å². The van der Waals surface area contributed by atoms with E-state index < -0.39 is 29.0 Å². The fraction of sp³-hybridized carbons (Fsp3) is 0.300. The van der Waals surface area contributed by atoms with E-state index in [2.05, 4.69) is 10.1 Å². The number of halogens is 2. The van der Waals surface area contributed by atoms with Crippen molar-refractivity contribution >= 4 is 17.6 Å². The molecule has 2 aliphatic heterocycles. The van der Waals surface area contributed by atoms with E-state index in [1.165, 1.54) is 43.3 Å². The van der Waals surface area contributed by atoms with Crippen LogP contribution in [0.2, 0.25) is 0 Å². The summed E-state index contributed by atoms with van der Waals surface area (Å²) in [7, 11) is 0. The van der Waals surface area contributed by atoms with Crippen molar-refractivity contribution in [1.82, 2.24) is 10.2 Å². The number of nitrogens with zero attached hydrogens (tertiary/aromatic N) is 2. The molecule has 168 valence electrons. The van der Waals surface area contributed by atoms with Crippen LogP contribution in [0.1, 0.15) is 23.6 Å². The number of urea groups is 1. The van der Waals surface area contributed by atoms with Crippen molar-refractivity contribution in [2.45, 2.75) is 32.2 Å². The number of alkyl halides is 2. The highest BCUT2D eigenvalue weighted by Gasteiger charge is 2.49. The Morgan fingerprint density at radius 1 is 1.28 bits per heavy atom. The average Bonchev–Trinajstić information content (AvgIpc) is 2.97. The summed E-state index contributed by atoms with van der Waals surface area (Å²) in [5, 5.41) is 13.9. The lowest BCUT2D eigenvalue weighted by Crippen LogP contribution is -2.40. The van der Waals surface area contributed by atoms with Crippen LogP contribution in [0.4, 0.5) is 19.3 Å². The standard InChI is InChI=1S/C20H17F2N3O7/c1-20(13-2-4-15(5-3-13)32-18(21)22)17(26)24(19(27)23-20)8-11-6-14(25(28)29)7-12-9-30-10-31-16(11)12/h2-7,18H,8-10H2,1H3,(H,23,27)/t20-/m1/s1. The van der Waals surface area contributed by atoms with Crippen LogP contribution < -0.4 is 14.8 Å². The Morgan fingerprint density at radius 3 is 2.66 bits per heavy atom. The zero-order valence-electron chi connectivity index (χ0n) is 16.7. The fourth-order valence-corrected chi connectivity index (χ4v) is 3.68. The van der Waals surface area contributed by atoms with Crippen molar-refractivity contribution in [2.75, 3.05) is 6.79 Å². The summed E-state index contributed by atoms with van der Waals surface area (Å²) in [5.74, 6) is -0.384. The molecule has 0 unspecified atom stereocenters. The Balaban J connectivity index is 1.63. The number of fused-ring (bicyclic) bond motifs is 1. The highest BCUT2D eigenvalue weighted by molar-refractivity contribution is 6.07. The van der Waals surface area contributed by atoms with E-state index in [-0.39, 0.29) is 36.9 Å². The van der Waals surface area contributed by atoms with E-state index in [1.54, 1.807) is 0 Å². The molecule has 0 saturated carbocycles. The lowest BCUT2D eigenvalue weighted by Gasteiger charge is -2.24. The zero-order chi connectivity index (χ0) is 23.0. The van der Waals surface area contributed by atoms with Gasteiger partial charge in [0.1, 0.15) is 17.0 Å². The lowest BCUT2D eigenvalue weighted by molar-refractivity contribution is -0.385. The number of ether oxygens (including phenoxy) is 3. The summed E-state index contributed by atoms with van der Waals surface area (Å²) >= 11 is 0. The summed E-state index contributed by atoms with van der Waals surface area (Å²) in [4.78, 5) is 37.5. The van der Waals surface area contributed by atoms with Gasteiger partial charge in [-0.25, -0.2) is 4.79 Å². The number of imide groups is 1. The van der Waals surface area contributed by atoms with Gasteiger partial charge in [0.05, 0.1) is 18.1 Å². The summed E-state index contributed by atoms with van der Waals surface area (Å²) < 4.78 is 39.7. The molecule has 10 nitrogen and oxygen atoms in total. The van der Waals surface area contributed by atoms with Crippen LogP contribution in [0, 0.1) is 10.1 Å². The summed E-state index contributed by atoms with van der Waals surface area (Å²) in [6, 6.07) is 7.18. The first-order valence-corrected chi connectivity index (χ1v) is 9.39. The van der Waals surface area contributed by atoms with Crippen LogP contribution in [0.5, 0.6) is 11.5 Å². The first-order valence-electron chi connectivity index (χ1n) is 9.39. The maximum atomic E-state index is 13.2. The molecule has 4 rings (SSSR count). The quantitative estimate of drug-likeness (QED) is 0.409. The number of rotatable bonds is 6. The van der Waals surface area contributed by atoms with Crippen LogP contribution in [0.3, 0.4) is 0 Å². The molecule has 32 heavy (non-hydrogen) atoms. The second-order valence-electron chi connectivity index (χ2n) is 7.31. The third-order valence-electron chi connectivity index (χ3n) is 5.24. The average molecular weight is 449 g/mol. The number of carbonyl (C=O) groups excluding carboxylic acids is 2.